The number of nitrogens with one attached hydrogen (secondary N) is 2. The molecule has 2 aliphatic rings. The molecule has 2 aromatic heterocycles. The number of amides is 1. The minimum atomic E-state index is -0.382. The zero-order valence-electron chi connectivity index (χ0n) is 16.2. The first kappa shape index (κ1) is 18.1. The Hall–Kier alpha value is -2.90. The molecule has 2 N–H and O–H groups in total. The minimum Gasteiger partial charge on any atom is -0.361 e. The lowest BCUT2D eigenvalue weighted by molar-refractivity contribution is -0.169. The number of aromatic nitrogens is 2. The first-order chi connectivity index (χ1) is 14.2. The molecule has 2 fully saturated rings. The summed E-state index contributed by atoms with van der Waals surface area (Å²) >= 11 is 0. The third-order valence-electron chi connectivity index (χ3n) is 5.72. The molecule has 0 saturated carbocycles. The van der Waals surface area contributed by atoms with E-state index in [9.17, 15) is 4.79 Å². The quantitative estimate of drug-likeness (QED) is 0.713. The maximum atomic E-state index is 12.5. The van der Waals surface area contributed by atoms with Crippen LogP contribution in [-0.4, -0.2) is 48.0 Å². The van der Waals surface area contributed by atoms with Crippen LogP contribution in [0, 0.1) is 0 Å². The summed E-state index contributed by atoms with van der Waals surface area (Å²) in [6, 6.07) is 11.8. The highest BCUT2D eigenvalue weighted by Gasteiger charge is 2.39. The van der Waals surface area contributed by atoms with Crippen LogP contribution in [-0.2, 0) is 20.7 Å². The van der Waals surface area contributed by atoms with Gasteiger partial charge in [-0.25, -0.2) is 4.98 Å². The number of pyridine rings is 1. The molecule has 0 bridgehead atoms. The van der Waals surface area contributed by atoms with Crippen LogP contribution >= 0.6 is 0 Å². The molecular weight excluding hydrogens is 368 g/mol. The number of aromatic amines is 1. The molecule has 29 heavy (non-hydrogen) atoms. The van der Waals surface area contributed by atoms with Gasteiger partial charge in [-0.15, -0.1) is 0 Å². The zero-order chi connectivity index (χ0) is 19.7. The average Bonchev–Trinajstić information content (AvgIpc) is 3.37. The van der Waals surface area contributed by atoms with Crippen molar-refractivity contribution < 1.29 is 14.3 Å². The molecule has 7 heteroatoms. The van der Waals surface area contributed by atoms with Gasteiger partial charge in [0, 0.05) is 43.0 Å². The minimum absolute atomic E-state index is 0.0558. The SMILES string of the molecule is O=C(Cc1c[nH]c2ccccc12)Nc1ccc(N2CCC3(CC2)OCCO3)nc1. The third kappa shape index (κ3) is 3.71. The lowest BCUT2D eigenvalue weighted by Gasteiger charge is -2.38. The fraction of sp³-hybridized carbons (Fsp3) is 0.364. The van der Waals surface area contributed by atoms with Crippen LogP contribution in [0.5, 0.6) is 0 Å². The molecule has 2 aliphatic heterocycles. The number of piperidine rings is 1. The highest BCUT2D eigenvalue weighted by Crippen LogP contribution is 2.32. The van der Waals surface area contributed by atoms with Crippen molar-refractivity contribution in [2.45, 2.75) is 25.0 Å². The molecule has 150 valence electrons. The monoisotopic (exact) mass is 392 g/mol. The van der Waals surface area contributed by atoms with E-state index in [0.29, 0.717) is 25.3 Å². The summed E-state index contributed by atoms with van der Waals surface area (Å²) in [6.45, 7) is 3.06. The van der Waals surface area contributed by atoms with Gasteiger partial charge >= 0.3 is 0 Å². The number of ether oxygens (including phenoxy) is 2. The lowest BCUT2D eigenvalue weighted by atomic mass is 10.0. The maximum absolute atomic E-state index is 12.5. The van der Waals surface area contributed by atoms with Gasteiger partial charge in [-0.1, -0.05) is 18.2 Å². The molecule has 0 radical (unpaired) electrons. The number of carbonyl (C=O) groups is 1. The van der Waals surface area contributed by atoms with Crippen molar-refractivity contribution in [1.82, 2.24) is 9.97 Å². The fourth-order valence-corrected chi connectivity index (χ4v) is 4.17. The van der Waals surface area contributed by atoms with Gasteiger partial charge in [0.1, 0.15) is 5.82 Å². The first-order valence-electron chi connectivity index (χ1n) is 10.0. The molecule has 4 heterocycles. The van der Waals surface area contributed by atoms with Gasteiger partial charge in [-0.3, -0.25) is 4.79 Å². The summed E-state index contributed by atoms with van der Waals surface area (Å²) < 4.78 is 11.6. The summed E-state index contributed by atoms with van der Waals surface area (Å²) in [7, 11) is 0. The van der Waals surface area contributed by atoms with Crippen molar-refractivity contribution in [3.05, 3.63) is 54.4 Å². The number of rotatable bonds is 4. The van der Waals surface area contributed by atoms with Crippen molar-refractivity contribution in [3.63, 3.8) is 0 Å². The molecule has 0 atom stereocenters. The number of hydrogen-bond acceptors (Lipinski definition) is 5. The van der Waals surface area contributed by atoms with Gasteiger partial charge in [-0.2, -0.15) is 0 Å². The number of H-pyrrole nitrogens is 1. The number of benzene rings is 1. The fourth-order valence-electron chi connectivity index (χ4n) is 4.17. The summed E-state index contributed by atoms with van der Waals surface area (Å²) in [5.74, 6) is 0.472. The molecule has 0 aliphatic carbocycles. The Morgan fingerprint density at radius 3 is 2.69 bits per heavy atom. The Bertz CT molecular complexity index is 998. The van der Waals surface area contributed by atoms with Crippen molar-refractivity contribution in [2.24, 2.45) is 0 Å². The molecule has 0 unspecified atom stereocenters. The standard InChI is InChI=1S/C22H24N4O3/c27-21(13-16-14-23-19-4-2-1-3-18(16)19)25-17-5-6-20(24-15-17)26-9-7-22(8-10-26)28-11-12-29-22/h1-6,14-15,23H,7-13H2,(H,25,27). The van der Waals surface area contributed by atoms with Gasteiger partial charge in [0.25, 0.3) is 0 Å². The molecule has 7 nitrogen and oxygen atoms in total. The van der Waals surface area contributed by atoms with E-state index in [4.69, 9.17) is 9.47 Å². The van der Waals surface area contributed by atoms with Gasteiger partial charge in [0.05, 0.1) is 31.5 Å². The predicted octanol–water partition coefficient (Wildman–Crippen LogP) is 3.09. The lowest BCUT2D eigenvalue weighted by Crippen LogP contribution is -2.45. The molecule has 5 rings (SSSR count). The number of nitrogens with zero attached hydrogens (tertiary/aromatic N) is 2. The molecule has 2 saturated heterocycles. The summed E-state index contributed by atoms with van der Waals surface area (Å²) in [6.07, 6.45) is 5.62. The van der Waals surface area contributed by atoms with Crippen LogP contribution in [0.25, 0.3) is 10.9 Å². The number of para-hydroxylation sites is 1. The van der Waals surface area contributed by atoms with Gasteiger partial charge in [-0.05, 0) is 23.8 Å². The van der Waals surface area contributed by atoms with E-state index in [1.165, 1.54) is 0 Å². The molecule has 1 spiro atoms. The largest absolute Gasteiger partial charge is 0.361 e. The van der Waals surface area contributed by atoms with Gasteiger partial charge in [0.2, 0.25) is 5.91 Å². The van der Waals surface area contributed by atoms with E-state index >= 15 is 0 Å². The summed E-state index contributed by atoms with van der Waals surface area (Å²) in [4.78, 5) is 22.4. The average molecular weight is 392 g/mol. The number of carbonyl (C=O) groups excluding carboxylic acids is 1. The van der Waals surface area contributed by atoms with E-state index in [0.717, 1.165) is 48.2 Å². The normalized spacial score (nSPS) is 18.4. The number of hydrogen-bond donors (Lipinski definition) is 2. The Balaban J connectivity index is 1.19. The highest BCUT2D eigenvalue weighted by molar-refractivity contribution is 5.95. The van der Waals surface area contributed by atoms with E-state index < -0.39 is 0 Å². The van der Waals surface area contributed by atoms with Crippen molar-refractivity contribution >= 4 is 28.3 Å². The highest BCUT2D eigenvalue weighted by atomic mass is 16.7. The Kier molecular flexibility index (Phi) is 4.69. The first-order valence-corrected chi connectivity index (χ1v) is 10.0. The van der Waals surface area contributed by atoms with E-state index in [1.54, 1.807) is 6.20 Å². The van der Waals surface area contributed by atoms with E-state index in [2.05, 4.69) is 20.2 Å². The third-order valence-corrected chi connectivity index (χ3v) is 5.72. The maximum Gasteiger partial charge on any atom is 0.228 e. The Morgan fingerprint density at radius 2 is 1.93 bits per heavy atom. The topological polar surface area (TPSA) is 79.5 Å². The number of anilines is 2. The van der Waals surface area contributed by atoms with Gasteiger partial charge < -0.3 is 24.7 Å². The second-order valence-electron chi connectivity index (χ2n) is 7.58. The summed E-state index contributed by atoms with van der Waals surface area (Å²) in [5, 5.41) is 4.02. The smallest absolute Gasteiger partial charge is 0.228 e. The van der Waals surface area contributed by atoms with Crippen molar-refractivity contribution in [3.8, 4) is 0 Å². The van der Waals surface area contributed by atoms with Crippen LogP contribution in [0.1, 0.15) is 18.4 Å². The molecule has 3 aromatic rings. The van der Waals surface area contributed by atoms with E-state index in [1.807, 2.05) is 42.6 Å². The Labute approximate surface area is 169 Å². The van der Waals surface area contributed by atoms with Crippen LogP contribution in [0.2, 0.25) is 0 Å². The van der Waals surface area contributed by atoms with Crippen LogP contribution in [0.15, 0.2) is 48.8 Å². The summed E-state index contributed by atoms with van der Waals surface area (Å²) in [5.41, 5.74) is 2.73. The van der Waals surface area contributed by atoms with E-state index in [-0.39, 0.29) is 11.7 Å². The second kappa shape index (κ2) is 7.50. The number of fused-ring (bicyclic) bond motifs is 1. The molecular formula is C22H24N4O3. The van der Waals surface area contributed by atoms with Crippen molar-refractivity contribution in [1.29, 1.82) is 0 Å². The molecule has 1 amide bonds. The van der Waals surface area contributed by atoms with Crippen molar-refractivity contribution in [2.75, 3.05) is 36.5 Å². The second-order valence-corrected chi connectivity index (χ2v) is 7.58. The Morgan fingerprint density at radius 1 is 1.14 bits per heavy atom. The van der Waals surface area contributed by atoms with Gasteiger partial charge in [0.15, 0.2) is 5.79 Å². The van der Waals surface area contributed by atoms with Crippen LogP contribution in [0.3, 0.4) is 0 Å². The predicted molar refractivity (Wildman–Crippen MR) is 111 cm³/mol. The van der Waals surface area contributed by atoms with Crippen LogP contribution < -0.4 is 10.2 Å². The van der Waals surface area contributed by atoms with Crippen LogP contribution in [0.4, 0.5) is 11.5 Å². The molecule has 1 aromatic carbocycles. The zero-order valence-corrected chi connectivity index (χ0v) is 16.2.